The molecule has 0 amide bonds. The maximum atomic E-state index is 9.78. The normalized spacial score (nSPS) is 10.7. The molecule has 632 valence electrons. The van der Waals surface area contributed by atoms with E-state index in [0.29, 0.717) is 55.6 Å². The van der Waals surface area contributed by atoms with Gasteiger partial charge in [-0.15, -0.1) is 0 Å². The molecule has 0 bridgehead atoms. The molecule has 0 atom stereocenters. The molecule has 0 unspecified atom stereocenters. The molecule has 0 aliphatic rings. The monoisotopic (exact) mass is 1660 g/mol. The molecule has 124 heavy (non-hydrogen) atoms. The van der Waals surface area contributed by atoms with Crippen molar-refractivity contribution in [2.75, 3.05) is 0 Å². The lowest BCUT2D eigenvalue weighted by Gasteiger charge is -2.15. The van der Waals surface area contributed by atoms with Gasteiger partial charge in [-0.2, -0.15) is 0 Å². The lowest BCUT2D eigenvalue weighted by molar-refractivity contribution is 0.436. The van der Waals surface area contributed by atoms with E-state index in [2.05, 4.69) is 121 Å². The smallest absolute Gasteiger partial charge is 0.123 e. The first kappa shape index (κ1) is 90.1. The number of hydrogen-bond donors (Lipinski definition) is 20. The molecule has 17 aromatic carbocycles. The molecular formula is C104H96O20. The van der Waals surface area contributed by atoms with Crippen LogP contribution in [-0.4, -0.2) is 102 Å². The highest BCUT2D eigenvalue weighted by Crippen LogP contribution is 2.44. The van der Waals surface area contributed by atoms with E-state index >= 15 is 0 Å². The number of benzene rings is 17. The van der Waals surface area contributed by atoms with Crippen LogP contribution in [0, 0.1) is 0 Å². The fraction of sp³-hybridized carbons (Fsp3) is 0.0962. The van der Waals surface area contributed by atoms with Crippen LogP contribution in [-0.2, 0) is 0 Å². The quantitative estimate of drug-likeness (QED) is 0.0447. The van der Waals surface area contributed by atoms with E-state index in [-0.39, 0.29) is 145 Å². The van der Waals surface area contributed by atoms with Crippen LogP contribution in [0.15, 0.2) is 340 Å². The van der Waals surface area contributed by atoms with Crippen LogP contribution < -0.4 is 0 Å². The van der Waals surface area contributed by atoms with E-state index in [1.165, 1.54) is 164 Å². The number of fused-ring (bicyclic) bond motifs is 5. The minimum absolute atomic E-state index is 0.0154. The zero-order valence-electron chi connectivity index (χ0n) is 68.2. The first-order chi connectivity index (χ1) is 59.3. The van der Waals surface area contributed by atoms with Crippen LogP contribution >= 0.6 is 0 Å². The number of phenolic OH excluding ortho intramolecular Hbond substituents is 20. The lowest BCUT2D eigenvalue weighted by Crippen LogP contribution is -1.97. The predicted octanol–water partition coefficient (Wildman–Crippen LogP) is 23.0. The molecule has 0 heterocycles. The summed E-state index contributed by atoms with van der Waals surface area (Å²) in [6.07, 6.45) is 0. The Morgan fingerprint density at radius 2 is 0.258 bits per heavy atom. The summed E-state index contributed by atoms with van der Waals surface area (Å²) in [6.45, 7) is 9.09. The van der Waals surface area contributed by atoms with E-state index in [0.717, 1.165) is 0 Å². The molecule has 0 aromatic heterocycles. The van der Waals surface area contributed by atoms with Crippen molar-refractivity contribution in [3.8, 4) is 115 Å². The molecule has 0 saturated heterocycles. The Labute approximate surface area is 715 Å². The maximum absolute atomic E-state index is 9.78. The molecule has 0 aliphatic carbocycles. The molecule has 0 saturated carbocycles. The van der Waals surface area contributed by atoms with Crippen molar-refractivity contribution in [2.24, 2.45) is 0 Å². The van der Waals surface area contributed by atoms with Crippen molar-refractivity contribution in [3.05, 3.63) is 395 Å². The van der Waals surface area contributed by atoms with Gasteiger partial charge < -0.3 is 102 Å². The molecule has 20 N–H and O–H groups in total. The van der Waals surface area contributed by atoms with E-state index in [4.69, 9.17) is 0 Å². The van der Waals surface area contributed by atoms with Gasteiger partial charge in [-0.25, -0.2) is 0 Å². The third-order valence-corrected chi connectivity index (χ3v) is 20.7. The van der Waals surface area contributed by atoms with Gasteiger partial charge in [0.1, 0.15) is 115 Å². The molecule has 17 aromatic rings. The van der Waals surface area contributed by atoms with Crippen molar-refractivity contribution in [3.63, 3.8) is 0 Å². The van der Waals surface area contributed by atoms with E-state index in [1.807, 2.05) is 71.0 Å². The highest BCUT2D eigenvalue weighted by molar-refractivity contribution is 6.07. The Morgan fingerprint density at radius 1 is 0.129 bits per heavy atom. The number of phenols is 20. The summed E-state index contributed by atoms with van der Waals surface area (Å²) in [7, 11) is 0. The summed E-state index contributed by atoms with van der Waals surface area (Å²) in [5.41, 5.74) is 5.91. The minimum Gasteiger partial charge on any atom is -0.508 e. The second-order valence-corrected chi connectivity index (χ2v) is 29.2. The van der Waals surface area contributed by atoms with Crippen LogP contribution in [0.3, 0.4) is 0 Å². The first-order valence-corrected chi connectivity index (χ1v) is 39.3. The van der Waals surface area contributed by atoms with Gasteiger partial charge in [-0.3, -0.25) is 0 Å². The second-order valence-electron chi connectivity index (χ2n) is 29.2. The van der Waals surface area contributed by atoms with Gasteiger partial charge in [0, 0.05) is 146 Å². The largest absolute Gasteiger partial charge is 0.508 e. The zero-order valence-corrected chi connectivity index (χ0v) is 68.2. The van der Waals surface area contributed by atoms with Gasteiger partial charge in [0.15, 0.2) is 0 Å². The Balaban J connectivity index is 0.000000150. The van der Waals surface area contributed by atoms with Crippen molar-refractivity contribution >= 4 is 43.1 Å². The summed E-state index contributed by atoms with van der Waals surface area (Å²) >= 11 is 0. The average molecular weight is 1670 g/mol. The van der Waals surface area contributed by atoms with Crippen molar-refractivity contribution in [1.29, 1.82) is 0 Å². The van der Waals surface area contributed by atoms with Gasteiger partial charge in [0.2, 0.25) is 0 Å². The molecule has 0 spiro atoms. The van der Waals surface area contributed by atoms with Gasteiger partial charge >= 0.3 is 0 Å². The van der Waals surface area contributed by atoms with Crippen LogP contribution in [0.5, 0.6) is 115 Å². The Bertz CT molecular complexity index is 5400. The molecular weight excluding hydrogens is 1570 g/mol. The van der Waals surface area contributed by atoms with Crippen LogP contribution in [0.2, 0.25) is 0 Å². The molecule has 17 rings (SSSR count). The van der Waals surface area contributed by atoms with Crippen LogP contribution in [0.25, 0.3) is 43.1 Å². The Kier molecular flexibility index (Phi) is 30.5. The van der Waals surface area contributed by atoms with E-state index in [9.17, 15) is 102 Å². The third-order valence-electron chi connectivity index (χ3n) is 20.7. The van der Waals surface area contributed by atoms with Gasteiger partial charge in [0.05, 0.1) is 0 Å². The Hall–Kier alpha value is -16.2. The summed E-state index contributed by atoms with van der Waals surface area (Å²) < 4.78 is 0. The maximum Gasteiger partial charge on any atom is 0.123 e. The standard InChI is InChI=1S/5C14H14O4.2C14H10.C6H6/c5*1-8(11-4-2-9(15)6-13(11)17)12-5-3-10(16)7-14(12)18;1-3-7-13-11(5-1)9-10-12-6-2-4-8-14(12)13;1-2-6-12-10-14-8-4-3-7-13(14)9-11(12)5-1;1-2-4-6-5-3-1/h5*2-8,15-18H,1H3;2*1-10H;1-6H. The number of rotatable bonds is 10. The fourth-order valence-electron chi connectivity index (χ4n) is 14.0. The summed E-state index contributed by atoms with van der Waals surface area (Å²) in [5, 5.41) is 201. The van der Waals surface area contributed by atoms with Crippen molar-refractivity contribution in [1.82, 2.24) is 0 Å². The van der Waals surface area contributed by atoms with Gasteiger partial charge in [-0.1, -0.05) is 241 Å². The molecule has 20 nitrogen and oxygen atoms in total. The Morgan fingerprint density at radius 3 is 0.395 bits per heavy atom. The molecule has 0 aliphatic heterocycles. The molecule has 0 radical (unpaired) electrons. The van der Waals surface area contributed by atoms with Crippen LogP contribution in [0.1, 0.15) is 120 Å². The zero-order chi connectivity index (χ0) is 89.4. The summed E-state index contributed by atoms with van der Waals surface area (Å²) in [5.74, 6) is -1.77. The minimum atomic E-state index is -0.258. The topological polar surface area (TPSA) is 405 Å². The fourth-order valence-corrected chi connectivity index (χ4v) is 14.0. The SMILES string of the molecule is CC(c1ccc(O)cc1O)c1ccc(O)cc1O.CC(c1ccc(O)cc1O)c1ccc(O)cc1O.CC(c1ccc(O)cc1O)c1ccc(O)cc1O.CC(c1ccc(O)cc1O)c1ccc(O)cc1O.CC(c1ccc(O)cc1O)c1ccc(O)cc1O.c1ccc2c(c1)ccc1ccccc12.c1ccc2cc3ccccc3cc2c1.c1ccccc1. The third kappa shape index (κ3) is 23.8. The number of hydrogen-bond acceptors (Lipinski definition) is 20. The van der Waals surface area contributed by atoms with Gasteiger partial charge in [-0.05, 0) is 116 Å². The van der Waals surface area contributed by atoms with E-state index < -0.39 is 0 Å². The lowest BCUT2D eigenvalue weighted by atomic mass is 9.91. The highest BCUT2D eigenvalue weighted by Gasteiger charge is 2.22. The average Bonchev–Trinajstić information content (AvgIpc) is 0.819. The molecule has 0 fully saturated rings. The van der Waals surface area contributed by atoms with Crippen molar-refractivity contribution in [2.45, 2.75) is 64.2 Å². The highest BCUT2D eigenvalue weighted by atomic mass is 16.3. The van der Waals surface area contributed by atoms with E-state index in [1.54, 1.807) is 60.7 Å². The summed E-state index contributed by atoms with van der Waals surface area (Å²) in [6, 6.07) is 98.1. The molecule has 20 heteroatoms. The van der Waals surface area contributed by atoms with Crippen LogP contribution in [0.4, 0.5) is 0 Å². The second kappa shape index (κ2) is 41.9. The predicted molar refractivity (Wildman–Crippen MR) is 485 cm³/mol. The summed E-state index contributed by atoms with van der Waals surface area (Å²) in [4.78, 5) is 0. The van der Waals surface area contributed by atoms with Crippen molar-refractivity contribution < 1.29 is 102 Å². The van der Waals surface area contributed by atoms with Gasteiger partial charge in [0.25, 0.3) is 0 Å². The number of aromatic hydroxyl groups is 20. The first-order valence-electron chi connectivity index (χ1n) is 39.3.